The smallest absolute Gasteiger partial charge is 1.00 e. The molecule has 0 atom stereocenters. The molecule has 0 aromatic carbocycles. The number of nitrogens with zero attached hydrogens (tertiary/aromatic N) is 1. The summed E-state index contributed by atoms with van der Waals surface area (Å²) in [7, 11) is 0. The quantitative estimate of drug-likeness (QED) is 0.412. The Balaban J connectivity index is -0.00000000667. The van der Waals surface area contributed by atoms with Crippen LogP contribution in [0.15, 0.2) is 0 Å². The molecule has 0 radical (unpaired) electrons. The van der Waals surface area contributed by atoms with E-state index in [4.69, 9.17) is 10.4 Å². The number of aliphatic hydroxyl groups is 1. The molecule has 0 aliphatic carbocycles. The second-order valence-corrected chi connectivity index (χ2v) is 0.100. The standard InChI is InChI=1S/CHNO.Ba.2H/c2-1-3;;;/h3H;;;/q;+2;2*-1. The number of hydrogen-bond acceptors (Lipinski definition) is 2. The topological polar surface area (TPSA) is 44.0 Å². The molecule has 0 aromatic heterocycles. The molecule has 0 aliphatic heterocycles. The zero-order chi connectivity index (χ0) is 2.71. The van der Waals surface area contributed by atoms with Crippen LogP contribution in [0.25, 0.3) is 0 Å². The van der Waals surface area contributed by atoms with Crippen molar-refractivity contribution in [3.05, 3.63) is 0 Å². The van der Waals surface area contributed by atoms with Crippen molar-refractivity contribution in [2.45, 2.75) is 0 Å². The molecule has 0 unspecified atom stereocenters. The Morgan fingerprint density at radius 2 is 2.00 bits per heavy atom. The van der Waals surface area contributed by atoms with E-state index in [9.17, 15) is 0 Å². The van der Waals surface area contributed by atoms with Gasteiger partial charge in [-0.3, -0.25) is 0 Å². The van der Waals surface area contributed by atoms with Crippen LogP contribution in [0, 0.1) is 11.5 Å². The second-order valence-electron chi connectivity index (χ2n) is 0.100. The van der Waals surface area contributed by atoms with Crippen molar-refractivity contribution >= 4 is 48.9 Å². The van der Waals surface area contributed by atoms with Gasteiger partial charge >= 0.3 is 48.9 Å². The summed E-state index contributed by atoms with van der Waals surface area (Å²) in [5, 5.41) is 13.8. The van der Waals surface area contributed by atoms with Gasteiger partial charge in [-0.2, -0.15) is 5.26 Å². The first-order valence-corrected chi connectivity index (χ1v) is 0.447. The Kier molecular flexibility index (Phi) is 20.2. The first-order valence-electron chi connectivity index (χ1n) is 0.447. The van der Waals surface area contributed by atoms with E-state index in [1.54, 1.807) is 0 Å². The minimum Gasteiger partial charge on any atom is -1.00 e. The molecule has 2 nitrogen and oxygen atoms in total. The normalized spacial score (nSPS) is 1.75. The molecule has 0 aliphatic rings. The first kappa shape index (κ1) is 8.85. The van der Waals surface area contributed by atoms with Gasteiger partial charge in [0.25, 0.3) is 6.26 Å². The van der Waals surface area contributed by atoms with Crippen molar-refractivity contribution < 1.29 is 7.96 Å². The molecule has 20 valence electrons. The van der Waals surface area contributed by atoms with Crippen LogP contribution in [0.1, 0.15) is 2.85 Å². The molecule has 0 saturated carbocycles. The Bertz CT molecular complexity index is 35.0. The maximum atomic E-state index is 6.88. The molecule has 0 saturated heterocycles. The van der Waals surface area contributed by atoms with Gasteiger partial charge < -0.3 is 7.96 Å². The fourth-order valence-corrected chi connectivity index (χ4v) is 0. The summed E-state index contributed by atoms with van der Waals surface area (Å²) in [4.78, 5) is 0. The zero-order valence-corrected chi connectivity index (χ0v) is 6.54. The average molecular weight is 182 g/mol. The Labute approximate surface area is 67.5 Å². The van der Waals surface area contributed by atoms with Gasteiger partial charge in [0, 0.05) is 0 Å². The van der Waals surface area contributed by atoms with E-state index in [0.29, 0.717) is 0 Å². The van der Waals surface area contributed by atoms with Crippen LogP contribution in [-0.4, -0.2) is 54.0 Å². The molecule has 0 spiro atoms. The fraction of sp³-hybridized carbons (Fsp3) is 0. The van der Waals surface area contributed by atoms with Crippen molar-refractivity contribution in [1.82, 2.24) is 0 Å². The zero-order valence-electron chi connectivity index (χ0n) is 4.10. The van der Waals surface area contributed by atoms with Crippen LogP contribution in [0.5, 0.6) is 0 Å². The number of rotatable bonds is 0. The Morgan fingerprint density at radius 1 is 2.00 bits per heavy atom. The molecule has 0 amide bonds. The van der Waals surface area contributed by atoms with Crippen LogP contribution in [0.2, 0.25) is 0 Å². The van der Waals surface area contributed by atoms with Gasteiger partial charge in [0.15, 0.2) is 0 Å². The molecule has 0 fully saturated rings. The summed E-state index contributed by atoms with van der Waals surface area (Å²) in [6.45, 7) is 0. The predicted octanol–water partition coefficient (Wildman–Crippen LogP) is -0.316. The van der Waals surface area contributed by atoms with Gasteiger partial charge in [0.05, 0.1) is 0 Å². The van der Waals surface area contributed by atoms with Gasteiger partial charge in [-0.05, 0) is 0 Å². The molecule has 3 heteroatoms. The molecule has 1 N–H and O–H groups in total. The number of aliphatic hydroxyl groups excluding tert-OH is 1. The third-order valence-corrected chi connectivity index (χ3v) is 0. The minimum absolute atomic E-state index is 0. The van der Waals surface area contributed by atoms with Gasteiger partial charge in [-0.15, -0.1) is 0 Å². The molecule has 0 heterocycles. The maximum absolute atomic E-state index is 6.88. The van der Waals surface area contributed by atoms with Crippen molar-refractivity contribution in [2.75, 3.05) is 0 Å². The molecular weight excluding hydrogens is 179 g/mol. The molecular formula is CH3BaNO. The first-order chi connectivity index (χ1) is 1.41. The van der Waals surface area contributed by atoms with E-state index in [-0.39, 0.29) is 51.7 Å². The molecule has 4 heavy (non-hydrogen) atoms. The Hall–Kier alpha value is 0.861. The molecule has 0 rings (SSSR count). The molecule has 0 bridgehead atoms. The van der Waals surface area contributed by atoms with Crippen molar-refractivity contribution in [1.29, 1.82) is 5.26 Å². The van der Waals surface area contributed by atoms with E-state index in [1.165, 1.54) is 0 Å². The van der Waals surface area contributed by atoms with Gasteiger partial charge in [-0.1, -0.05) is 0 Å². The Morgan fingerprint density at radius 3 is 2.00 bits per heavy atom. The number of nitriles is 1. The van der Waals surface area contributed by atoms with E-state index in [1.807, 2.05) is 0 Å². The summed E-state index contributed by atoms with van der Waals surface area (Å²) < 4.78 is 0. The maximum Gasteiger partial charge on any atom is 2.00 e. The van der Waals surface area contributed by atoms with Gasteiger partial charge in [0.1, 0.15) is 0 Å². The van der Waals surface area contributed by atoms with Crippen LogP contribution in [0.4, 0.5) is 0 Å². The third kappa shape index (κ3) is 13.4. The van der Waals surface area contributed by atoms with Crippen molar-refractivity contribution in [3.8, 4) is 6.26 Å². The van der Waals surface area contributed by atoms with E-state index in [0.717, 1.165) is 6.26 Å². The molecule has 0 aromatic rings. The van der Waals surface area contributed by atoms with E-state index in [2.05, 4.69) is 0 Å². The van der Waals surface area contributed by atoms with Crippen LogP contribution in [-0.2, 0) is 0 Å². The second kappa shape index (κ2) is 9.12. The monoisotopic (exact) mass is 183 g/mol. The summed E-state index contributed by atoms with van der Waals surface area (Å²) in [6, 6.07) is 0. The predicted molar refractivity (Wildman–Crippen MR) is 15.5 cm³/mol. The summed E-state index contributed by atoms with van der Waals surface area (Å²) >= 11 is 0. The van der Waals surface area contributed by atoms with E-state index >= 15 is 0 Å². The summed E-state index contributed by atoms with van der Waals surface area (Å²) in [5.74, 6) is 0. The average Bonchev–Trinajstić information content (AvgIpc) is 0.918. The van der Waals surface area contributed by atoms with Crippen LogP contribution in [0.3, 0.4) is 0 Å². The number of hydrogen-bond donors (Lipinski definition) is 1. The van der Waals surface area contributed by atoms with Crippen molar-refractivity contribution in [3.63, 3.8) is 0 Å². The van der Waals surface area contributed by atoms with Crippen LogP contribution < -0.4 is 0 Å². The van der Waals surface area contributed by atoms with Gasteiger partial charge in [0.2, 0.25) is 0 Å². The third-order valence-electron chi connectivity index (χ3n) is 0. The van der Waals surface area contributed by atoms with Crippen LogP contribution >= 0.6 is 0 Å². The van der Waals surface area contributed by atoms with E-state index < -0.39 is 0 Å². The van der Waals surface area contributed by atoms with Crippen molar-refractivity contribution in [2.24, 2.45) is 0 Å². The SMILES string of the molecule is N#CO.[Ba+2].[H-].[H-]. The van der Waals surface area contributed by atoms with Gasteiger partial charge in [-0.25, -0.2) is 0 Å². The summed E-state index contributed by atoms with van der Waals surface area (Å²) in [5.41, 5.74) is 0. The summed E-state index contributed by atoms with van der Waals surface area (Å²) in [6.07, 6.45) is 0.750. The minimum atomic E-state index is 0. The fourth-order valence-electron chi connectivity index (χ4n) is 0. The largest absolute Gasteiger partial charge is 2.00 e.